The maximum atomic E-state index is 9.49. The number of nitriles is 1. The van der Waals surface area contributed by atoms with E-state index in [0.717, 1.165) is 73.0 Å². The van der Waals surface area contributed by atoms with Crippen molar-refractivity contribution in [2.45, 2.75) is 5.41 Å². The largest absolute Gasteiger partial charge is 0.457 e. The van der Waals surface area contributed by atoms with Gasteiger partial charge in [-0.2, -0.15) is 5.26 Å². The Balaban J connectivity index is 1.12. The number of benzene rings is 8. The Morgan fingerprint density at radius 3 is 1.48 bits per heavy atom. The standard InChI is InChI=1S/C54H33N3O/c55-34-35-12-11-17-40(30-35)36-22-24-37(25-23-36)41-26-28-43-44-29-27-42(50-33-49(38-13-3-1-4-14-38)56-53(57-50)39-15-5-2-6-16-39)32-48(44)54(47(43)31-41)45-18-7-9-20-51(45)58-52-21-10-8-19-46(52)54/h1-33H. The van der Waals surface area contributed by atoms with Crippen LogP contribution < -0.4 is 4.74 Å². The lowest BCUT2D eigenvalue weighted by Crippen LogP contribution is -2.32. The van der Waals surface area contributed by atoms with Crippen molar-refractivity contribution in [3.05, 3.63) is 228 Å². The number of para-hydroxylation sites is 2. The smallest absolute Gasteiger partial charge is 0.160 e. The summed E-state index contributed by atoms with van der Waals surface area (Å²) in [6, 6.07) is 72.0. The number of aromatic nitrogens is 2. The van der Waals surface area contributed by atoms with E-state index in [1.165, 1.54) is 22.3 Å². The molecule has 0 unspecified atom stereocenters. The molecule has 0 amide bonds. The van der Waals surface area contributed by atoms with E-state index in [4.69, 9.17) is 14.7 Å². The fraction of sp³-hybridized carbons (Fsp3) is 0.0185. The lowest BCUT2D eigenvalue weighted by Gasteiger charge is -2.39. The zero-order valence-corrected chi connectivity index (χ0v) is 31.3. The molecule has 8 aromatic carbocycles. The molecule has 0 radical (unpaired) electrons. The first-order chi connectivity index (χ1) is 28.7. The molecule has 0 atom stereocenters. The molecule has 0 N–H and O–H groups in total. The van der Waals surface area contributed by atoms with Crippen molar-refractivity contribution in [1.82, 2.24) is 9.97 Å². The summed E-state index contributed by atoms with van der Waals surface area (Å²) in [5.74, 6) is 2.38. The fourth-order valence-electron chi connectivity index (χ4n) is 8.93. The highest BCUT2D eigenvalue weighted by Crippen LogP contribution is 2.62. The van der Waals surface area contributed by atoms with Gasteiger partial charge in [0, 0.05) is 27.8 Å². The minimum absolute atomic E-state index is 0.651. The Bertz CT molecular complexity index is 2990. The van der Waals surface area contributed by atoms with Crippen LogP contribution in [-0.4, -0.2) is 9.97 Å². The minimum Gasteiger partial charge on any atom is -0.457 e. The van der Waals surface area contributed by atoms with E-state index in [-0.39, 0.29) is 0 Å². The number of fused-ring (bicyclic) bond motifs is 9. The van der Waals surface area contributed by atoms with Crippen LogP contribution in [0.2, 0.25) is 0 Å². The average molecular weight is 740 g/mol. The van der Waals surface area contributed by atoms with E-state index in [1.807, 2.05) is 60.7 Å². The van der Waals surface area contributed by atoms with Crippen molar-refractivity contribution >= 4 is 0 Å². The van der Waals surface area contributed by atoms with Crippen LogP contribution >= 0.6 is 0 Å². The van der Waals surface area contributed by atoms with E-state index in [0.29, 0.717) is 11.4 Å². The lowest BCUT2D eigenvalue weighted by molar-refractivity contribution is 0.436. The summed E-state index contributed by atoms with van der Waals surface area (Å²) < 4.78 is 6.68. The quantitative estimate of drug-likeness (QED) is 0.176. The number of ether oxygens (including phenoxy) is 1. The van der Waals surface area contributed by atoms with Crippen molar-refractivity contribution < 1.29 is 4.74 Å². The predicted octanol–water partition coefficient (Wildman–Crippen LogP) is 13.2. The molecular formula is C54H33N3O. The SMILES string of the molecule is N#Cc1cccc(-c2ccc(-c3ccc4c(c3)C3(c5ccccc5Oc5ccccc53)c3cc(-c5cc(-c6ccccc6)nc(-c6ccccc6)n5)ccc3-4)cc2)c1. The third-order valence-corrected chi connectivity index (χ3v) is 11.6. The van der Waals surface area contributed by atoms with Crippen molar-refractivity contribution in [1.29, 1.82) is 5.26 Å². The van der Waals surface area contributed by atoms with Crippen LogP contribution in [0.1, 0.15) is 27.8 Å². The number of rotatable bonds is 5. The van der Waals surface area contributed by atoms with Gasteiger partial charge in [-0.25, -0.2) is 9.97 Å². The van der Waals surface area contributed by atoms with E-state index in [1.54, 1.807) is 0 Å². The first-order valence-corrected chi connectivity index (χ1v) is 19.4. The molecule has 1 aliphatic carbocycles. The summed E-state index contributed by atoms with van der Waals surface area (Å²) in [4.78, 5) is 10.3. The van der Waals surface area contributed by atoms with Crippen LogP contribution in [0.3, 0.4) is 0 Å². The molecule has 0 bridgehead atoms. The van der Waals surface area contributed by atoms with Crippen molar-refractivity contribution in [3.8, 4) is 84.9 Å². The highest BCUT2D eigenvalue weighted by Gasteiger charge is 2.51. The van der Waals surface area contributed by atoms with Gasteiger partial charge in [0.2, 0.25) is 0 Å². The molecule has 2 aliphatic rings. The zero-order valence-electron chi connectivity index (χ0n) is 31.3. The Morgan fingerprint density at radius 2 is 0.862 bits per heavy atom. The third-order valence-electron chi connectivity index (χ3n) is 11.6. The van der Waals surface area contributed by atoms with Crippen molar-refractivity contribution in [2.75, 3.05) is 0 Å². The second kappa shape index (κ2) is 13.4. The van der Waals surface area contributed by atoms with Gasteiger partial charge < -0.3 is 4.74 Å². The van der Waals surface area contributed by atoms with E-state index in [9.17, 15) is 5.26 Å². The first kappa shape index (κ1) is 33.5. The molecule has 2 heterocycles. The zero-order chi connectivity index (χ0) is 38.6. The highest BCUT2D eigenvalue weighted by molar-refractivity contribution is 5.92. The Labute approximate surface area is 337 Å². The predicted molar refractivity (Wildman–Crippen MR) is 231 cm³/mol. The normalized spacial score (nSPS) is 12.7. The summed E-state index contributed by atoms with van der Waals surface area (Å²) in [6.45, 7) is 0. The molecule has 0 fully saturated rings. The summed E-state index contributed by atoms with van der Waals surface area (Å²) in [5.41, 5.74) is 16.1. The molecule has 1 aromatic heterocycles. The van der Waals surface area contributed by atoms with Gasteiger partial charge in [0.05, 0.1) is 28.4 Å². The summed E-state index contributed by atoms with van der Waals surface area (Å²) >= 11 is 0. The Kier molecular flexibility index (Phi) is 7.74. The van der Waals surface area contributed by atoms with E-state index < -0.39 is 5.41 Å². The van der Waals surface area contributed by atoms with Crippen LogP contribution in [0.5, 0.6) is 11.5 Å². The minimum atomic E-state index is -0.669. The highest BCUT2D eigenvalue weighted by atomic mass is 16.5. The topological polar surface area (TPSA) is 58.8 Å². The molecule has 11 rings (SSSR count). The number of hydrogen-bond acceptors (Lipinski definition) is 4. The lowest BCUT2D eigenvalue weighted by atomic mass is 9.65. The second-order valence-electron chi connectivity index (χ2n) is 14.8. The fourth-order valence-corrected chi connectivity index (χ4v) is 8.93. The Hall–Kier alpha value is -7.87. The van der Waals surface area contributed by atoms with Gasteiger partial charge in [-0.15, -0.1) is 0 Å². The van der Waals surface area contributed by atoms with Gasteiger partial charge in [0.1, 0.15) is 11.5 Å². The van der Waals surface area contributed by atoms with Gasteiger partial charge in [-0.1, -0.05) is 158 Å². The van der Waals surface area contributed by atoms with E-state index in [2.05, 4.69) is 146 Å². The molecule has 1 spiro atoms. The molecule has 270 valence electrons. The Morgan fingerprint density at radius 1 is 0.379 bits per heavy atom. The molecule has 9 aromatic rings. The second-order valence-corrected chi connectivity index (χ2v) is 14.8. The van der Waals surface area contributed by atoms with E-state index >= 15 is 0 Å². The van der Waals surface area contributed by atoms with Crippen LogP contribution in [0, 0.1) is 11.3 Å². The van der Waals surface area contributed by atoms with Gasteiger partial charge in [-0.3, -0.25) is 0 Å². The van der Waals surface area contributed by atoms with Gasteiger partial charge in [0.15, 0.2) is 5.82 Å². The van der Waals surface area contributed by atoms with Crippen LogP contribution in [-0.2, 0) is 5.41 Å². The van der Waals surface area contributed by atoms with Crippen LogP contribution in [0.15, 0.2) is 200 Å². The molecule has 0 saturated heterocycles. The molecule has 4 nitrogen and oxygen atoms in total. The van der Waals surface area contributed by atoms with Gasteiger partial charge in [0.25, 0.3) is 0 Å². The molecule has 0 saturated carbocycles. The molecular weight excluding hydrogens is 707 g/mol. The number of hydrogen-bond donors (Lipinski definition) is 0. The van der Waals surface area contributed by atoms with Crippen molar-refractivity contribution in [3.63, 3.8) is 0 Å². The van der Waals surface area contributed by atoms with Crippen molar-refractivity contribution in [2.24, 2.45) is 0 Å². The maximum Gasteiger partial charge on any atom is 0.160 e. The third kappa shape index (κ3) is 5.29. The number of nitrogens with zero attached hydrogens (tertiary/aromatic N) is 3. The van der Waals surface area contributed by atoms with Crippen LogP contribution in [0.25, 0.3) is 67.3 Å². The van der Waals surface area contributed by atoms with Gasteiger partial charge in [-0.05, 0) is 87.0 Å². The monoisotopic (exact) mass is 739 g/mol. The molecule has 58 heavy (non-hydrogen) atoms. The average Bonchev–Trinajstić information content (AvgIpc) is 3.58. The molecule has 1 aliphatic heterocycles. The first-order valence-electron chi connectivity index (χ1n) is 19.4. The summed E-state index contributed by atoms with van der Waals surface area (Å²) in [5, 5.41) is 9.49. The molecule has 4 heteroatoms. The maximum absolute atomic E-state index is 9.49. The summed E-state index contributed by atoms with van der Waals surface area (Å²) in [6.07, 6.45) is 0. The van der Waals surface area contributed by atoms with Crippen LogP contribution in [0.4, 0.5) is 0 Å². The van der Waals surface area contributed by atoms with Gasteiger partial charge >= 0.3 is 0 Å². The summed E-state index contributed by atoms with van der Waals surface area (Å²) in [7, 11) is 0.